The number of esters is 2. The Hall–Kier alpha value is -2.41. The van der Waals surface area contributed by atoms with Crippen LogP contribution in [0, 0.1) is 0 Å². The zero-order chi connectivity index (χ0) is 17.2. The van der Waals surface area contributed by atoms with Gasteiger partial charge in [0.1, 0.15) is 0 Å². The van der Waals surface area contributed by atoms with Crippen molar-refractivity contribution in [3.05, 3.63) is 42.0 Å². The minimum Gasteiger partial charge on any atom is -0.462 e. The topological polar surface area (TPSA) is 76.7 Å². The summed E-state index contributed by atoms with van der Waals surface area (Å²) in [5, 5.41) is 6.08. The number of ether oxygens (including phenoxy) is 2. The van der Waals surface area contributed by atoms with E-state index in [1.165, 1.54) is 18.2 Å². The van der Waals surface area contributed by atoms with Crippen molar-refractivity contribution in [2.24, 2.45) is 0 Å². The molecule has 0 amide bonds. The monoisotopic (exact) mass is 336 g/mol. The van der Waals surface area contributed by atoms with E-state index in [0.29, 0.717) is 22.9 Å². The summed E-state index contributed by atoms with van der Waals surface area (Å²) < 4.78 is 9.96. The van der Waals surface area contributed by atoms with Gasteiger partial charge in [-0.3, -0.25) is 0 Å². The van der Waals surface area contributed by atoms with Gasteiger partial charge in [0, 0.05) is 6.54 Å². The Morgan fingerprint density at radius 2 is 1.87 bits per heavy atom. The predicted molar refractivity (Wildman–Crippen MR) is 92.8 cm³/mol. The van der Waals surface area contributed by atoms with Gasteiger partial charge in [0.05, 0.1) is 30.0 Å². The van der Waals surface area contributed by atoms with Gasteiger partial charge >= 0.3 is 11.9 Å². The van der Waals surface area contributed by atoms with Crippen LogP contribution >= 0.6 is 12.2 Å². The molecule has 0 aliphatic heterocycles. The Morgan fingerprint density at radius 1 is 1.22 bits per heavy atom. The van der Waals surface area contributed by atoms with Crippen LogP contribution in [0.5, 0.6) is 0 Å². The van der Waals surface area contributed by atoms with E-state index < -0.39 is 11.9 Å². The van der Waals surface area contributed by atoms with E-state index >= 15 is 0 Å². The average Bonchev–Trinajstić information content (AvgIpc) is 2.53. The Labute approximate surface area is 140 Å². The number of hydrogen-bond acceptors (Lipinski definition) is 5. The third-order valence-corrected chi connectivity index (χ3v) is 2.93. The van der Waals surface area contributed by atoms with E-state index in [-0.39, 0.29) is 18.8 Å². The van der Waals surface area contributed by atoms with Gasteiger partial charge in [0.25, 0.3) is 0 Å². The van der Waals surface area contributed by atoms with Crippen molar-refractivity contribution >= 4 is 35.0 Å². The number of hydrogen-bond donors (Lipinski definition) is 2. The van der Waals surface area contributed by atoms with Gasteiger partial charge in [-0.1, -0.05) is 6.08 Å². The summed E-state index contributed by atoms with van der Waals surface area (Å²) in [6.45, 7) is 8.00. The first kappa shape index (κ1) is 18.6. The SMILES string of the molecule is C=CCNC(=S)Nc1cc(C(=O)OCC)ccc1C(=O)OCC. The molecule has 0 spiro atoms. The summed E-state index contributed by atoms with van der Waals surface area (Å²) in [7, 11) is 0. The molecule has 0 saturated carbocycles. The van der Waals surface area contributed by atoms with E-state index in [4.69, 9.17) is 21.7 Å². The summed E-state index contributed by atoms with van der Waals surface area (Å²) >= 11 is 5.13. The van der Waals surface area contributed by atoms with E-state index in [0.717, 1.165) is 0 Å². The average molecular weight is 336 g/mol. The first-order valence-corrected chi connectivity index (χ1v) is 7.58. The number of nitrogens with one attached hydrogen (secondary N) is 2. The molecular weight excluding hydrogens is 316 g/mol. The van der Waals surface area contributed by atoms with Crippen molar-refractivity contribution in [2.75, 3.05) is 25.1 Å². The lowest BCUT2D eigenvalue weighted by molar-refractivity contribution is 0.0512. The molecule has 0 aromatic heterocycles. The largest absolute Gasteiger partial charge is 0.462 e. The zero-order valence-corrected chi connectivity index (χ0v) is 14.0. The minimum atomic E-state index is -0.503. The summed E-state index contributed by atoms with van der Waals surface area (Å²) in [5.74, 6) is -0.979. The molecule has 0 saturated heterocycles. The zero-order valence-electron chi connectivity index (χ0n) is 13.2. The van der Waals surface area contributed by atoms with Crippen LogP contribution < -0.4 is 10.6 Å². The van der Waals surface area contributed by atoms with Crippen molar-refractivity contribution in [1.82, 2.24) is 5.32 Å². The molecular formula is C16H20N2O4S. The highest BCUT2D eigenvalue weighted by atomic mass is 32.1. The molecule has 124 valence electrons. The second-order valence-corrected chi connectivity index (χ2v) is 4.73. The van der Waals surface area contributed by atoms with Gasteiger partial charge in [0.15, 0.2) is 5.11 Å². The van der Waals surface area contributed by atoms with Crippen LogP contribution in [0.2, 0.25) is 0 Å². The highest BCUT2D eigenvalue weighted by Gasteiger charge is 2.17. The lowest BCUT2D eigenvalue weighted by atomic mass is 10.1. The molecule has 0 fully saturated rings. The van der Waals surface area contributed by atoms with Crippen molar-refractivity contribution in [1.29, 1.82) is 0 Å². The molecule has 7 heteroatoms. The van der Waals surface area contributed by atoms with Gasteiger partial charge in [-0.05, 0) is 44.3 Å². The standard InChI is InChI=1S/C16H20N2O4S/c1-4-9-17-16(23)18-13-10-11(14(19)21-5-2)7-8-12(13)15(20)22-6-3/h4,7-8,10H,1,5-6,9H2,2-3H3,(H2,17,18,23). The third kappa shape index (κ3) is 5.71. The quantitative estimate of drug-likeness (QED) is 0.450. The predicted octanol–water partition coefficient (Wildman–Crippen LogP) is 2.51. The van der Waals surface area contributed by atoms with E-state index in [9.17, 15) is 9.59 Å². The van der Waals surface area contributed by atoms with Crippen LogP contribution in [0.25, 0.3) is 0 Å². The summed E-state index contributed by atoms with van der Waals surface area (Å²) in [6, 6.07) is 4.52. The molecule has 0 radical (unpaired) electrons. The smallest absolute Gasteiger partial charge is 0.340 e. The van der Waals surface area contributed by atoms with E-state index in [2.05, 4.69) is 17.2 Å². The van der Waals surface area contributed by atoms with Gasteiger partial charge < -0.3 is 20.1 Å². The lowest BCUT2D eigenvalue weighted by Crippen LogP contribution is -2.29. The molecule has 0 unspecified atom stereocenters. The fourth-order valence-electron chi connectivity index (χ4n) is 1.71. The molecule has 0 atom stereocenters. The van der Waals surface area contributed by atoms with Crippen LogP contribution in [0.3, 0.4) is 0 Å². The second kappa shape index (κ2) is 9.58. The highest BCUT2D eigenvalue weighted by Crippen LogP contribution is 2.20. The van der Waals surface area contributed by atoms with Crippen molar-refractivity contribution in [3.8, 4) is 0 Å². The highest BCUT2D eigenvalue weighted by molar-refractivity contribution is 7.80. The molecule has 23 heavy (non-hydrogen) atoms. The maximum atomic E-state index is 12.0. The van der Waals surface area contributed by atoms with E-state index in [1.807, 2.05) is 0 Å². The van der Waals surface area contributed by atoms with Crippen LogP contribution in [0.4, 0.5) is 5.69 Å². The minimum absolute atomic E-state index is 0.247. The van der Waals surface area contributed by atoms with Crippen molar-refractivity contribution < 1.29 is 19.1 Å². The number of benzene rings is 1. The number of thiocarbonyl (C=S) groups is 1. The van der Waals surface area contributed by atoms with Crippen LogP contribution in [0.15, 0.2) is 30.9 Å². The molecule has 0 heterocycles. The molecule has 6 nitrogen and oxygen atoms in total. The molecule has 1 aromatic carbocycles. The lowest BCUT2D eigenvalue weighted by Gasteiger charge is -2.14. The van der Waals surface area contributed by atoms with Gasteiger partial charge in [-0.2, -0.15) is 0 Å². The molecule has 2 N–H and O–H groups in total. The maximum Gasteiger partial charge on any atom is 0.340 e. The summed E-state index contributed by atoms with van der Waals surface area (Å²) in [6.07, 6.45) is 1.65. The third-order valence-electron chi connectivity index (χ3n) is 2.68. The van der Waals surface area contributed by atoms with Crippen molar-refractivity contribution in [2.45, 2.75) is 13.8 Å². The summed E-state index contributed by atoms with van der Waals surface area (Å²) in [5.41, 5.74) is 0.965. The molecule has 0 aliphatic rings. The molecule has 1 rings (SSSR count). The number of anilines is 1. The fourth-order valence-corrected chi connectivity index (χ4v) is 1.90. The Balaban J connectivity index is 3.09. The van der Waals surface area contributed by atoms with Crippen molar-refractivity contribution in [3.63, 3.8) is 0 Å². The Kier molecular flexibility index (Phi) is 7.76. The normalized spacial score (nSPS) is 9.65. The molecule has 0 bridgehead atoms. The van der Waals surface area contributed by atoms with Crippen LogP contribution in [-0.4, -0.2) is 36.8 Å². The van der Waals surface area contributed by atoms with Crippen LogP contribution in [-0.2, 0) is 9.47 Å². The summed E-state index contributed by atoms with van der Waals surface area (Å²) in [4.78, 5) is 23.8. The van der Waals surface area contributed by atoms with E-state index in [1.54, 1.807) is 19.9 Å². The first-order chi connectivity index (χ1) is 11.0. The van der Waals surface area contributed by atoms with Gasteiger partial charge in [0.2, 0.25) is 0 Å². The Morgan fingerprint density at radius 3 is 2.48 bits per heavy atom. The second-order valence-electron chi connectivity index (χ2n) is 4.33. The molecule has 1 aromatic rings. The van der Waals surface area contributed by atoms with Crippen LogP contribution in [0.1, 0.15) is 34.6 Å². The fraction of sp³-hybridized carbons (Fsp3) is 0.312. The van der Waals surface area contributed by atoms with Gasteiger partial charge in [-0.25, -0.2) is 9.59 Å². The van der Waals surface area contributed by atoms with Gasteiger partial charge in [-0.15, -0.1) is 6.58 Å². The number of rotatable bonds is 7. The number of carbonyl (C=O) groups excluding carboxylic acids is 2. The Bertz CT molecular complexity index is 602. The maximum absolute atomic E-state index is 12.0. The number of carbonyl (C=O) groups is 2. The first-order valence-electron chi connectivity index (χ1n) is 7.17. The molecule has 0 aliphatic carbocycles.